The molecule has 0 saturated heterocycles. The van der Waals surface area contributed by atoms with Gasteiger partial charge in [0.25, 0.3) is 5.91 Å². The molecule has 1 amide bonds. The molecule has 0 spiro atoms. The molecule has 3 aromatic rings. The SMILES string of the molecule is CCN(CCCNC(=O)c1cnn(-c2ccccc2)c1)c1ccccc1. The average Bonchev–Trinajstić information content (AvgIpc) is 3.20. The highest BCUT2D eigenvalue weighted by atomic mass is 16.1. The maximum absolute atomic E-state index is 12.3. The molecule has 0 bridgehead atoms. The van der Waals surface area contributed by atoms with Crippen molar-refractivity contribution in [2.45, 2.75) is 13.3 Å². The predicted molar refractivity (Wildman–Crippen MR) is 105 cm³/mol. The number of para-hydroxylation sites is 2. The zero-order chi connectivity index (χ0) is 18.2. The first-order valence-electron chi connectivity index (χ1n) is 8.96. The Bertz CT molecular complexity index is 814. The summed E-state index contributed by atoms with van der Waals surface area (Å²) in [6, 6.07) is 20.1. The van der Waals surface area contributed by atoms with E-state index in [1.165, 1.54) is 5.69 Å². The van der Waals surface area contributed by atoms with Crippen LogP contribution in [0.1, 0.15) is 23.7 Å². The summed E-state index contributed by atoms with van der Waals surface area (Å²) in [6.45, 7) is 4.63. The third-order valence-electron chi connectivity index (χ3n) is 4.26. The van der Waals surface area contributed by atoms with Crippen LogP contribution in [-0.4, -0.2) is 35.3 Å². The number of carbonyl (C=O) groups excluding carboxylic acids is 1. The third-order valence-corrected chi connectivity index (χ3v) is 4.26. The second-order valence-electron chi connectivity index (χ2n) is 6.03. The molecule has 0 fully saturated rings. The molecule has 0 aliphatic heterocycles. The number of carbonyl (C=O) groups is 1. The van der Waals surface area contributed by atoms with E-state index in [0.717, 1.165) is 25.2 Å². The molecule has 5 nitrogen and oxygen atoms in total. The average molecular weight is 348 g/mol. The molecule has 134 valence electrons. The summed E-state index contributed by atoms with van der Waals surface area (Å²) < 4.78 is 1.71. The van der Waals surface area contributed by atoms with Gasteiger partial charge in [-0.15, -0.1) is 0 Å². The number of benzene rings is 2. The quantitative estimate of drug-likeness (QED) is 0.634. The molecule has 0 aliphatic carbocycles. The van der Waals surface area contributed by atoms with Crippen LogP contribution in [0.25, 0.3) is 5.69 Å². The lowest BCUT2D eigenvalue weighted by atomic mass is 10.2. The third kappa shape index (κ3) is 4.51. The van der Waals surface area contributed by atoms with E-state index in [9.17, 15) is 4.79 Å². The summed E-state index contributed by atoms with van der Waals surface area (Å²) in [7, 11) is 0. The number of hydrogen-bond acceptors (Lipinski definition) is 3. The van der Waals surface area contributed by atoms with Gasteiger partial charge in [0.15, 0.2) is 0 Å². The number of nitrogens with zero attached hydrogens (tertiary/aromatic N) is 3. The lowest BCUT2D eigenvalue weighted by molar-refractivity contribution is 0.0953. The first kappa shape index (κ1) is 17.7. The number of rotatable bonds is 8. The second kappa shape index (κ2) is 8.85. The van der Waals surface area contributed by atoms with Crippen LogP contribution in [0.15, 0.2) is 73.1 Å². The van der Waals surface area contributed by atoms with Crippen molar-refractivity contribution in [2.75, 3.05) is 24.5 Å². The molecule has 1 N–H and O–H groups in total. The van der Waals surface area contributed by atoms with Gasteiger partial charge in [0.1, 0.15) is 0 Å². The summed E-state index contributed by atoms with van der Waals surface area (Å²) in [4.78, 5) is 14.6. The Morgan fingerprint density at radius 3 is 2.46 bits per heavy atom. The second-order valence-corrected chi connectivity index (χ2v) is 6.03. The fourth-order valence-corrected chi connectivity index (χ4v) is 2.84. The van der Waals surface area contributed by atoms with Crippen LogP contribution in [0, 0.1) is 0 Å². The highest BCUT2D eigenvalue weighted by Gasteiger charge is 2.09. The van der Waals surface area contributed by atoms with E-state index in [2.05, 4.69) is 34.4 Å². The van der Waals surface area contributed by atoms with Crippen molar-refractivity contribution in [3.05, 3.63) is 78.6 Å². The van der Waals surface area contributed by atoms with Crippen molar-refractivity contribution in [1.29, 1.82) is 0 Å². The monoisotopic (exact) mass is 348 g/mol. The lowest BCUT2D eigenvalue weighted by Crippen LogP contribution is -2.29. The Morgan fingerprint density at radius 2 is 1.77 bits per heavy atom. The van der Waals surface area contributed by atoms with Crippen molar-refractivity contribution in [3.63, 3.8) is 0 Å². The lowest BCUT2D eigenvalue weighted by Gasteiger charge is -2.23. The highest BCUT2D eigenvalue weighted by Crippen LogP contribution is 2.13. The summed E-state index contributed by atoms with van der Waals surface area (Å²) in [5.41, 5.74) is 2.72. The smallest absolute Gasteiger partial charge is 0.254 e. The van der Waals surface area contributed by atoms with Crippen molar-refractivity contribution in [1.82, 2.24) is 15.1 Å². The molecular weight excluding hydrogens is 324 g/mol. The van der Waals surface area contributed by atoms with E-state index in [4.69, 9.17) is 0 Å². The van der Waals surface area contributed by atoms with Gasteiger partial charge in [0.2, 0.25) is 0 Å². The number of hydrogen-bond donors (Lipinski definition) is 1. The standard InChI is InChI=1S/C21H24N4O/c1-2-24(19-10-5-3-6-11-19)15-9-14-22-21(26)18-16-23-25(17-18)20-12-7-4-8-13-20/h3-8,10-13,16-17H,2,9,14-15H2,1H3,(H,22,26). The Hall–Kier alpha value is -3.08. The summed E-state index contributed by atoms with van der Waals surface area (Å²) in [5.74, 6) is -0.0880. The number of aromatic nitrogens is 2. The van der Waals surface area contributed by atoms with Gasteiger partial charge in [-0.1, -0.05) is 36.4 Å². The maximum Gasteiger partial charge on any atom is 0.254 e. The molecule has 2 aromatic carbocycles. The molecule has 0 radical (unpaired) electrons. The first-order valence-corrected chi connectivity index (χ1v) is 8.96. The van der Waals surface area contributed by atoms with Gasteiger partial charge >= 0.3 is 0 Å². The van der Waals surface area contributed by atoms with Gasteiger partial charge in [-0.25, -0.2) is 4.68 Å². The number of anilines is 1. The van der Waals surface area contributed by atoms with Crippen LogP contribution in [0.2, 0.25) is 0 Å². The zero-order valence-corrected chi connectivity index (χ0v) is 15.0. The first-order chi connectivity index (χ1) is 12.8. The predicted octanol–water partition coefficient (Wildman–Crippen LogP) is 3.52. The maximum atomic E-state index is 12.3. The fraction of sp³-hybridized carbons (Fsp3) is 0.238. The summed E-state index contributed by atoms with van der Waals surface area (Å²) in [5, 5.41) is 7.24. The van der Waals surface area contributed by atoms with E-state index in [0.29, 0.717) is 12.1 Å². The molecule has 3 rings (SSSR count). The molecule has 1 heterocycles. The van der Waals surface area contributed by atoms with Gasteiger partial charge in [0, 0.05) is 31.5 Å². The van der Waals surface area contributed by atoms with E-state index in [-0.39, 0.29) is 5.91 Å². The molecule has 0 saturated carbocycles. The van der Waals surface area contributed by atoms with E-state index >= 15 is 0 Å². The molecule has 0 aliphatic rings. The van der Waals surface area contributed by atoms with Crippen molar-refractivity contribution >= 4 is 11.6 Å². The van der Waals surface area contributed by atoms with E-state index in [1.54, 1.807) is 17.1 Å². The Balaban J connectivity index is 1.48. The minimum atomic E-state index is -0.0880. The normalized spacial score (nSPS) is 10.5. The van der Waals surface area contributed by atoms with Crippen molar-refractivity contribution < 1.29 is 4.79 Å². The number of nitrogens with one attached hydrogen (secondary N) is 1. The Labute approximate surface area is 154 Å². The van der Waals surface area contributed by atoms with Crippen LogP contribution in [0.3, 0.4) is 0 Å². The van der Waals surface area contributed by atoms with Gasteiger partial charge in [-0.2, -0.15) is 5.10 Å². The van der Waals surface area contributed by atoms with Gasteiger partial charge < -0.3 is 10.2 Å². The van der Waals surface area contributed by atoms with Crippen LogP contribution in [0.5, 0.6) is 0 Å². The van der Waals surface area contributed by atoms with Crippen molar-refractivity contribution in [2.24, 2.45) is 0 Å². The molecule has 1 aromatic heterocycles. The zero-order valence-electron chi connectivity index (χ0n) is 15.0. The van der Waals surface area contributed by atoms with Crippen LogP contribution < -0.4 is 10.2 Å². The molecule has 0 unspecified atom stereocenters. The van der Waals surface area contributed by atoms with Crippen molar-refractivity contribution in [3.8, 4) is 5.69 Å². The molecule has 5 heteroatoms. The summed E-state index contributed by atoms with van der Waals surface area (Å²) in [6.07, 6.45) is 4.25. The van der Waals surface area contributed by atoms with Gasteiger partial charge in [-0.05, 0) is 37.6 Å². The van der Waals surface area contributed by atoms with Crippen LogP contribution in [0.4, 0.5) is 5.69 Å². The minimum Gasteiger partial charge on any atom is -0.372 e. The van der Waals surface area contributed by atoms with Crippen LogP contribution in [-0.2, 0) is 0 Å². The minimum absolute atomic E-state index is 0.0880. The number of amides is 1. The van der Waals surface area contributed by atoms with Crippen LogP contribution >= 0.6 is 0 Å². The summed E-state index contributed by atoms with van der Waals surface area (Å²) >= 11 is 0. The molecule has 0 atom stereocenters. The van der Waals surface area contributed by atoms with Gasteiger partial charge in [-0.3, -0.25) is 4.79 Å². The largest absolute Gasteiger partial charge is 0.372 e. The van der Waals surface area contributed by atoms with E-state index < -0.39 is 0 Å². The highest BCUT2D eigenvalue weighted by molar-refractivity contribution is 5.93. The molecule has 26 heavy (non-hydrogen) atoms. The topological polar surface area (TPSA) is 50.2 Å². The Morgan fingerprint density at radius 1 is 1.08 bits per heavy atom. The molecular formula is C21H24N4O. The van der Waals surface area contributed by atoms with E-state index in [1.807, 2.05) is 48.5 Å². The van der Waals surface area contributed by atoms with Gasteiger partial charge in [0.05, 0.1) is 17.4 Å². The fourth-order valence-electron chi connectivity index (χ4n) is 2.84. The Kier molecular flexibility index (Phi) is 6.04.